The number of para-hydroxylation sites is 1. The molecule has 0 aliphatic carbocycles. The van der Waals surface area contributed by atoms with Crippen LogP contribution < -0.4 is 19.6 Å². The predicted octanol–water partition coefficient (Wildman–Crippen LogP) is 6.51. The zero-order valence-corrected chi connectivity index (χ0v) is 26.8. The van der Waals surface area contributed by atoms with Gasteiger partial charge in [-0.2, -0.15) is 0 Å². The van der Waals surface area contributed by atoms with E-state index < -0.39 is 12.0 Å². The van der Waals surface area contributed by atoms with Crippen LogP contribution in [0.25, 0.3) is 17.0 Å². The van der Waals surface area contributed by atoms with Gasteiger partial charge in [-0.1, -0.05) is 70.9 Å². The van der Waals surface area contributed by atoms with Gasteiger partial charge in [0.25, 0.3) is 5.56 Å². The Kier molecular flexibility index (Phi) is 8.24. The van der Waals surface area contributed by atoms with Gasteiger partial charge in [-0.15, -0.1) is 0 Å². The lowest BCUT2D eigenvalue weighted by Crippen LogP contribution is -2.40. The molecule has 0 N–H and O–H groups in total. The molecule has 6 rings (SSSR count). The van der Waals surface area contributed by atoms with Gasteiger partial charge in [0.05, 0.1) is 45.1 Å². The summed E-state index contributed by atoms with van der Waals surface area (Å²) in [6.45, 7) is 5.94. The van der Waals surface area contributed by atoms with E-state index in [1.165, 1.54) is 11.3 Å². The summed E-state index contributed by atoms with van der Waals surface area (Å²) in [5.41, 5.74) is 4.27. The number of fused-ring (bicyclic) bond motifs is 2. The summed E-state index contributed by atoms with van der Waals surface area (Å²) in [4.78, 5) is 32.8. The summed E-state index contributed by atoms with van der Waals surface area (Å²) >= 11 is 13.7. The van der Waals surface area contributed by atoms with E-state index in [1.54, 1.807) is 38.5 Å². The summed E-state index contributed by atoms with van der Waals surface area (Å²) < 4.78 is 15.2. The van der Waals surface area contributed by atoms with Crippen molar-refractivity contribution in [3.8, 4) is 5.75 Å². The van der Waals surface area contributed by atoms with Crippen LogP contribution in [0.2, 0.25) is 10.0 Å². The fourth-order valence-electron chi connectivity index (χ4n) is 5.46. The molecular formula is C34H29Cl2N3O4S. The minimum absolute atomic E-state index is 0.238. The number of carbonyl (C=O) groups is 1. The van der Waals surface area contributed by atoms with Gasteiger partial charge in [0.1, 0.15) is 5.75 Å². The Bertz CT molecular complexity index is 2120. The van der Waals surface area contributed by atoms with Crippen LogP contribution in [0.5, 0.6) is 5.75 Å². The van der Waals surface area contributed by atoms with Crippen LogP contribution in [0.15, 0.2) is 94.0 Å². The van der Waals surface area contributed by atoms with E-state index in [2.05, 4.69) is 4.57 Å². The topological polar surface area (TPSA) is 74.8 Å². The standard InChI is InChI=1S/C34H29Cl2N3O4S/c1-19(2)43-33(41)30-20(3)37-34-39(31(30)22-10-12-24(42-4)13-11-22)32(40)29(44-34)16-23-18-38(28-8-6-5-7-25(23)28)17-21-9-14-26(35)27(36)15-21/h5-16,18-19,31H,17H2,1-4H3/b29-16+/t31-/m0/s1. The molecule has 0 amide bonds. The van der Waals surface area contributed by atoms with E-state index in [9.17, 15) is 9.59 Å². The monoisotopic (exact) mass is 645 g/mol. The van der Waals surface area contributed by atoms with Crippen LogP contribution in [0.4, 0.5) is 0 Å². The van der Waals surface area contributed by atoms with Gasteiger partial charge in [-0.05, 0) is 68.3 Å². The Hall–Kier alpha value is -4.11. The van der Waals surface area contributed by atoms with Crippen molar-refractivity contribution in [3.63, 3.8) is 0 Å². The number of nitrogens with zero attached hydrogens (tertiary/aromatic N) is 3. The number of hydrogen-bond donors (Lipinski definition) is 0. The third kappa shape index (κ3) is 5.61. The minimum Gasteiger partial charge on any atom is -0.497 e. The second-order valence-electron chi connectivity index (χ2n) is 10.8. The number of aromatic nitrogens is 2. The Labute approximate surface area is 267 Å². The van der Waals surface area contributed by atoms with Crippen LogP contribution >= 0.6 is 34.5 Å². The average molecular weight is 647 g/mol. The summed E-state index contributed by atoms with van der Waals surface area (Å²) in [5, 5.41) is 2.01. The van der Waals surface area contributed by atoms with Gasteiger partial charge in [0.15, 0.2) is 4.80 Å². The zero-order chi connectivity index (χ0) is 31.1. The van der Waals surface area contributed by atoms with Crippen LogP contribution in [0.1, 0.15) is 43.5 Å². The molecule has 0 saturated carbocycles. The molecular weight excluding hydrogens is 617 g/mol. The highest BCUT2D eigenvalue weighted by Crippen LogP contribution is 2.32. The van der Waals surface area contributed by atoms with Crippen molar-refractivity contribution in [2.24, 2.45) is 4.99 Å². The number of thiazole rings is 1. The van der Waals surface area contributed by atoms with Crippen molar-refractivity contribution in [1.29, 1.82) is 0 Å². The molecule has 0 saturated heterocycles. The number of allylic oxidation sites excluding steroid dienone is 1. The van der Waals surface area contributed by atoms with Gasteiger partial charge in [0.2, 0.25) is 0 Å². The molecule has 1 aliphatic heterocycles. The maximum atomic E-state index is 14.2. The largest absolute Gasteiger partial charge is 0.497 e. The molecule has 0 bridgehead atoms. The lowest BCUT2D eigenvalue weighted by atomic mass is 9.96. The van der Waals surface area contributed by atoms with E-state index in [4.69, 9.17) is 37.7 Å². The second-order valence-corrected chi connectivity index (χ2v) is 12.6. The van der Waals surface area contributed by atoms with E-state index in [1.807, 2.05) is 72.9 Å². The van der Waals surface area contributed by atoms with Crippen molar-refractivity contribution in [2.45, 2.75) is 39.5 Å². The number of hydrogen-bond acceptors (Lipinski definition) is 6. The second kappa shape index (κ2) is 12.1. The van der Waals surface area contributed by atoms with Crippen molar-refractivity contribution < 1.29 is 14.3 Å². The van der Waals surface area contributed by atoms with Crippen LogP contribution in [-0.4, -0.2) is 28.3 Å². The fraction of sp³-hybridized carbons (Fsp3) is 0.206. The molecule has 224 valence electrons. The van der Waals surface area contributed by atoms with Crippen LogP contribution in [0.3, 0.4) is 0 Å². The number of benzene rings is 3. The first-order valence-corrected chi connectivity index (χ1v) is 15.6. The highest BCUT2D eigenvalue weighted by atomic mass is 35.5. The van der Waals surface area contributed by atoms with Crippen LogP contribution in [0, 0.1) is 0 Å². The molecule has 1 aliphatic rings. The quantitative estimate of drug-likeness (QED) is 0.189. The molecule has 3 heterocycles. The number of esters is 1. The highest BCUT2D eigenvalue weighted by molar-refractivity contribution is 7.07. The molecule has 44 heavy (non-hydrogen) atoms. The molecule has 0 spiro atoms. The van der Waals surface area contributed by atoms with Gasteiger partial charge >= 0.3 is 5.97 Å². The Morgan fingerprint density at radius 1 is 1.07 bits per heavy atom. The Balaban J connectivity index is 1.50. The first-order chi connectivity index (χ1) is 21.1. The van der Waals surface area contributed by atoms with Crippen molar-refractivity contribution >= 4 is 57.5 Å². The average Bonchev–Trinajstić information content (AvgIpc) is 3.50. The first kappa shape index (κ1) is 29.9. The molecule has 1 atom stereocenters. The summed E-state index contributed by atoms with van der Waals surface area (Å²) in [7, 11) is 1.59. The van der Waals surface area contributed by atoms with E-state index >= 15 is 0 Å². The van der Waals surface area contributed by atoms with Gasteiger partial charge in [0, 0.05) is 29.2 Å². The zero-order valence-electron chi connectivity index (χ0n) is 24.5. The maximum absolute atomic E-state index is 14.2. The Morgan fingerprint density at radius 3 is 2.52 bits per heavy atom. The fourth-order valence-corrected chi connectivity index (χ4v) is 6.82. The molecule has 0 fully saturated rings. The predicted molar refractivity (Wildman–Crippen MR) is 175 cm³/mol. The number of carbonyl (C=O) groups excluding carboxylic acids is 1. The summed E-state index contributed by atoms with van der Waals surface area (Å²) in [6.07, 6.45) is 3.60. The number of methoxy groups -OCH3 is 1. The highest BCUT2D eigenvalue weighted by Gasteiger charge is 2.33. The number of ether oxygens (including phenoxy) is 2. The molecule has 10 heteroatoms. The molecule has 5 aromatic rings. The summed E-state index contributed by atoms with van der Waals surface area (Å²) in [6, 6.07) is 20.3. The number of halogens is 2. The van der Waals surface area contributed by atoms with Gasteiger partial charge in [-0.25, -0.2) is 9.79 Å². The lowest BCUT2D eigenvalue weighted by Gasteiger charge is -2.25. The first-order valence-electron chi connectivity index (χ1n) is 14.0. The third-order valence-electron chi connectivity index (χ3n) is 7.46. The third-order valence-corrected chi connectivity index (χ3v) is 9.18. The van der Waals surface area contributed by atoms with Crippen molar-refractivity contribution in [3.05, 3.63) is 131 Å². The molecule has 3 aromatic carbocycles. The molecule has 2 aromatic heterocycles. The van der Waals surface area contributed by atoms with Crippen LogP contribution in [-0.2, 0) is 16.1 Å². The van der Waals surface area contributed by atoms with Crippen molar-refractivity contribution in [2.75, 3.05) is 7.11 Å². The Morgan fingerprint density at radius 2 is 1.82 bits per heavy atom. The molecule has 7 nitrogen and oxygen atoms in total. The molecule has 0 radical (unpaired) electrons. The SMILES string of the molecule is COc1ccc([C@H]2C(C(=O)OC(C)C)=C(C)N=c3s/c(=C/c4cn(Cc5ccc(Cl)c(Cl)c5)c5ccccc45)c(=O)n32)cc1. The normalized spacial score (nSPS) is 15.1. The summed E-state index contributed by atoms with van der Waals surface area (Å²) in [5.74, 6) is 0.173. The van der Waals surface area contributed by atoms with Crippen molar-refractivity contribution in [1.82, 2.24) is 9.13 Å². The maximum Gasteiger partial charge on any atom is 0.338 e. The van der Waals surface area contributed by atoms with E-state index in [-0.39, 0.29) is 11.7 Å². The van der Waals surface area contributed by atoms with E-state index in [0.717, 1.165) is 27.6 Å². The minimum atomic E-state index is -0.707. The van der Waals surface area contributed by atoms with Gasteiger partial charge < -0.3 is 14.0 Å². The number of rotatable bonds is 7. The smallest absolute Gasteiger partial charge is 0.338 e. The molecule has 0 unspecified atom stereocenters. The van der Waals surface area contributed by atoms with E-state index in [0.29, 0.717) is 42.9 Å². The van der Waals surface area contributed by atoms with Gasteiger partial charge in [-0.3, -0.25) is 9.36 Å². The lowest BCUT2D eigenvalue weighted by molar-refractivity contribution is -0.143.